The fraction of sp³-hybridized carbons (Fsp3) is 0.133. The molecule has 0 unspecified atom stereocenters. The molecule has 2 aromatic rings. The molecule has 1 amide bonds. The van der Waals surface area contributed by atoms with Gasteiger partial charge in [0.05, 0.1) is 18.4 Å². The summed E-state index contributed by atoms with van der Waals surface area (Å²) in [5.41, 5.74) is 3.26. The number of nitrogens with zero attached hydrogens (tertiary/aromatic N) is 2. The Morgan fingerprint density at radius 2 is 2.32 bits per heavy atom. The Bertz CT molecular complexity index is 704. The van der Waals surface area contributed by atoms with Crippen molar-refractivity contribution < 1.29 is 14.6 Å². The van der Waals surface area contributed by atoms with E-state index in [1.54, 1.807) is 24.3 Å². The average molecular weight is 320 g/mol. The minimum atomic E-state index is -0.460. The van der Waals surface area contributed by atoms with Crippen LogP contribution in [0.25, 0.3) is 0 Å². The van der Waals surface area contributed by atoms with Crippen molar-refractivity contribution >= 4 is 23.7 Å². The van der Waals surface area contributed by atoms with Gasteiger partial charge in [0.2, 0.25) is 0 Å². The standard InChI is InChI=1S/C15H14ClN3O3/c1-2-22-13-8-10(5-6-12(13)20)9-18-19-15(21)11-4-3-7-17-14(11)16/h3-9,20H,2H2,1H3,(H,19,21). The van der Waals surface area contributed by atoms with Crippen molar-refractivity contribution in [3.8, 4) is 11.5 Å². The number of carbonyl (C=O) groups is 1. The summed E-state index contributed by atoms with van der Waals surface area (Å²) in [6.07, 6.45) is 2.93. The number of pyridine rings is 1. The highest BCUT2D eigenvalue weighted by Crippen LogP contribution is 2.26. The van der Waals surface area contributed by atoms with Gasteiger partial charge in [0, 0.05) is 6.20 Å². The fourth-order valence-electron chi connectivity index (χ4n) is 1.66. The first-order chi connectivity index (χ1) is 10.6. The maximum Gasteiger partial charge on any atom is 0.274 e. The van der Waals surface area contributed by atoms with Gasteiger partial charge in [-0.3, -0.25) is 4.79 Å². The molecule has 0 saturated carbocycles. The topological polar surface area (TPSA) is 83.8 Å². The molecule has 1 aromatic carbocycles. The quantitative estimate of drug-likeness (QED) is 0.504. The number of hydrogen-bond acceptors (Lipinski definition) is 5. The molecule has 0 atom stereocenters. The number of ether oxygens (including phenoxy) is 1. The number of phenols is 1. The van der Waals surface area contributed by atoms with Crippen molar-refractivity contribution in [3.63, 3.8) is 0 Å². The van der Waals surface area contributed by atoms with E-state index in [1.807, 2.05) is 6.92 Å². The summed E-state index contributed by atoms with van der Waals surface area (Å²) < 4.78 is 5.27. The van der Waals surface area contributed by atoms with Gasteiger partial charge in [-0.1, -0.05) is 11.6 Å². The second-order valence-electron chi connectivity index (χ2n) is 4.20. The average Bonchev–Trinajstić information content (AvgIpc) is 2.51. The number of phenolic OH excluding ortho intramolecular Hbond substituents is 1. The van der Waals surface area contributed by atoms with Gasteiger partial charge in [-0.15, -0.1) is 0 Å². The molecular weight excluding hydrogens is 306 g/mol. The predicted octanol–water partition coefficient (Wildman–Crippen LogP) is 2.60. The number of hydrogen-bond donors (Lipinski definition) is 2. The van der Waals surface area contributed by atoms with Crippen LogP contribution < -0.4 is 10.2 Å². The Labute approximate surface area is 132 Å². The summed E-state index contributed by atoms with van der Waals surface area (Å²) in [6.45, 7) is 2.25. The van der Waals surface area contributed by atoms with Gasteiger partial charge in [-0.2, -0.15) is 5.10 Å². The first-order valence-corrected chi connectivity index (χ1v) is 6.89. The Balaban J connectivity index is 2.05. The summed E-state index contributed by atoms with van der Waals surface area (Å²) in [6, 6.07) is 7.91. The molecule has 0 aliphatic carbocycles. The molecule has 2 N–H and O–H groups in total. The van der Waals surface area contributed by atoms with Gasteiger partial charge in [-0.05, 0) is 42.8 Å². The Hall–Kier alpha value is -2.60. The summed E-state index contributed by atoms with van der Waals surface area (Å²) in [5.74, 6) is -0.0589. The zero-order valence-electron chi connectivity index (χ0n) is 11.8. The third-order valence-corrected chi connectivity index (χ3v) is 2.97. The zero-order chi connectivity index (χ0) is 15.9. The molecule has 0 saturated heterocycles. The number of amides is 1. The number of rotatable bonds is 5. The van der Waals surface area contributed by atoms with E-state index in [9.17, 15) is 9.90 Å². The van der Waals surface area contributed by atoms with Crippen molar-refractivity contribution in [2.24, 2.45) is 5.10 Å². The van der Waals surface area contributed by atoms with Crippen LogP contribution in [0.1, 0.15) is 22.8 Å². The third kappa shape index (κ3) is 3.95. The normalized spacial score (nSPS) is 10.6. The second-order valence-corrected chi connectivity index (χ2v) is 4.56. The van der Waals surface area contributed by atoms with E-state index < -0.39 is 5.91 Å². The van der Waals surface area contributed by atoms with Crippen molar-refractivity contribution in [3.05, 3.63) is 52.8 Å². The summed E-state index contributed by atoms with van der Waals surface area (Å²) in [4.78, 5) is 15.7. The van der Waals surface area contributed by atoms with Crippen LogP contribution in [0.4, 0.5) is 0 Å². The monoisotopic (exact) mass is 319 g/mol. The molecule has 0 fully saturated rings. The second kappa shape index (κ2) is 7.42. The number of aromatic nitrogens is 1. The number of carbonyl (C=O) groups excluding carboxylic acids is 1. The number of aromatic hydroxyl groups is 1. The summed E-state index contributed by atoms with van der Waals surface area (Å²) in [7, 11) is 0. The molecule has 2 rings (SSSR count). The van der Waals surface area contributed by atoms with Gasteiger partial charge < -0.3 is 9.84 Å². The fourth-order valence-corrected chi connectivity index (χ4v) is 1.87. The number of hydrazone groups is 1. The number of benzene rings is 1. The largest absolute Gasteiger partial charge is 0.504 e. The molecule has 7 heteroatoms. The van der Waals surface area contributed by atoms with Crippen molar-refractivity contribution in [2.45, 2.75) is 6.92 Å². The molecule has 114 valence electrons. The zero-order valence-corrected chi connectivity index (χ0v) is 12.5. The number of nitrogens with one attached hydrogen (secondary N) is 1. The van der Waals surface area contributed by atoms with Crippen LogP contribution in [0, 0.1) is 0 Å². The van der Waals surface area contributed by atoms with E-state index in [0.717, 1.165) is 0 Å². The highest BCUT2D eigenvalue weighted by Gasteiger charge is 2.09. The summed E-state index contributed by atoms with van der Waals surface area (Å²) in [5, 5.41) is 13.5. The van der Waals surface area contributed by atoms with E-state index in [-0.39, 0.29) is 16.5 Å². The van der Waals surface area contributed by atoms with E-state index in [0.29, 0.717) is 17.9 Å². The molecule has 0 aliphatic rings. The van der Waals surface area contributed by atoms with Crippen molar-refractivity contribution in [1.29, 1.82) is 0 Å². The molecule has 0 spiro atoms. The van der Waals surface area contributed by atoms with Gasteiger partial charge in [0.25, 0.3) is 5.91 Å². The van der Waals surface area contributed by atoms with E-state index in [4.69, 9.17) is 16.3 Å². The minimum Gasteiger partial charge on any atom is -0.504 e. The molecule has 0 aliphatic heterocycles. The summed E-state index contributed by atoms with van der Waals surface area (Å²) >= 11 is 5.82. The first kappa shape index (κ1) is 15.8. The maximum absolute atomic E-state index is 11.9. The van der Waals surface area contributed by atoms with E-state index in [1.165, 1.54) is 18.5 Å². The van der Waals surface area contributed by atoms with E-state index in [2.05, 4.69) is 15.5 Å². The van der Waals surface area contributed by atoms with Crippen LogP contribution in [0.3, 0.4) is 0 Å². The van der Waals surface area contributed by atoms with E-state index >= 15 is 0 Å². The molecule has 1 heterocycles. The first-order valence-electron chi connectivity index (χ1n) is 6.51. The molecule has 6 nitrogen and oxygen atoms in total. The lowest BCUT2D eigenvalue weighted by Crippen LogP contribution is -2.18. The molecule has 0 bridgehead atoms. The third-order valence-electron chi connectivity index (χ3n) is 2.67. The van der Waals surface area contributed by atoms with Crippen LogP contribution in [-0.2, 0) is 0 Å². The van der Waals surface area contributed by atoms with Crippen LogP contribution in [-0.4, -0.2) is 28.8 Å². The predicted molar refractivity (Wildman–Crippen MR) is 83.6 cm³/mol. The molecule has 0 radical (unpaired) electrons. The smallest absolute Gasteiger partial charge is 0.274 e. The van der Waals surface area contributed by atoms with Crippen LogP contribution >= 0.6 is 11.6 Å². The van der Waals surface area contributed by atoms with Crippen molar-refractivity contribution in [1.82, 2.24) is 10.4 Å². The molecule has 1 aromatic heterocycles. The van der Waals surface area contributed by atoms with Crippen LogP contribution in [0.5, 0.6) is 11.5 Å². The van der Waals surface area contributed by atoms with Crippen LogP contribution in [0.15, 0.2) is 41.6 Å². The lowest BCUT2D eigenvalue weighted by atomic mass is 10.2. The van der Waals surface area contributed by atoms with Gasteiger partial charge in [0.1, 0.15) is 5.15 Å². The maximum atomic E-state index is 11.9. The molecule has 22 heavy (non-hydrogen) atoms. The lowest BCUT2D eigenvalue weighted by Gasteiger charge is -2.06. The Kier molecular flexibility index (Phi) is 5.32. The van der Waals surface area contributed by atoms with Gasteiger partial charge >= 0.3 is 0 Å². The minimum absolute atomic E-state index is 0.0465. The van der Waals surface area contributed by atoms with Gasteiger partial charge in [-0.25, -0.2) is 10.4 Å². The highest BCUT2D eigenvalue weighted by molar-refractivity contribution is 6.32. The highest BCUT2D eigenvalue weighted by atomic mass is 35.5. The Morgan fingerprint density at radius 3 is 3.05 bits per heavy atom. The Morgan fingerprint density at radius 1 is 1.50 bits per heavy atom. The SMILES string of the molecule is CCOc1cc(C=NNC(=O)c2cccnc2Cl)ccc1O. The number of halogens is 1. The van der Waals surface area contributed by atoms with Crippen LogP contribution in [0.2, 0.25) is 5.15 Å². The molecular formula is C15H14ClN3O3. The lowest BCUT2D eigenvalue weighted by molar-refractivity contribution is 0.0955. The van der Waals surface area contributed by atoms with Crippen molar-refractivity contribution in [2.75, 3.05) is 6.61 Å². The van der Waals surface area contributed by atoms with Gasteiger partial charge in [0.15, 0.2) is 11.5 Å².